The maximum atomic E-state index is 14.6. The van der Waals surface area contributed by atoms with Crippen LogP contribution in [-0.4, -0.2) is 140 Å². The summed E-state index contributed by atoms with van der Waals surface area (Å²) < 4.78 is 113. The van der Waals surface area contributed by atoms with Gasteiger partial charge in [0.25, 0.3) is 11.7 Å². The highest BCUT2D eigenvalue weighted by Crippen LogP contribution is 2.45. The van der Waals surface area contributed by atoms with Crippen molar-refractivity contribution in [3.05, 3.63) is 47.6 Å². The maximum Gasteiger partial charge on any atom is 0.329 e. The third-order valence-electron chi connectivity index (χ3n) is 15.0. The summed E-state index contributed by atoms with van der Waals surface area (Å²) in [4.78, 5) is 73.0. The number of hydrogen-bond acceptors (Lipinski definition) is 14. The molecule has 15 nitrogen and oxygen atoms in total. The normalized spacial score (nSPS) is 43.3. The zero-order valence-electron chi connectivity index (χ0n) is 51.1. The van der Waals surface area contributed by atoms with Crippen LogP contribution < -0.4 is 0 Å². The molecule has 0 radical (unpaired) electrons. The van der Waals surface area contributed by atoms with Crippen molar-refractivity contribution in [3.8, 4) is 0 Å². The molecule has 2 saturated heterocycles. The number of nitrogens with zero attached hydrogens (tertiary/aromatic N) is 1. The minimum absolute atomic E-state index is 0.0516. The van der Waals surface area contributed by atoms with Crippen molar-refractivity contribution in [2.75, 3.05) is 41.1 Å². The van der Waals surface area contributed by atoms with Crippen LogP contribution in [0.15, 0.2) is 47.6 Å². The zero-order valence-corrected chi connectivity index (χ0v) is 44.0. The lowest BCUT2D eigenvalue weighted by Gasteiger charge is -2.42. The van der Waals surface area contributed by atoms with Crippen LogP contribution in [0.5, 0.6) is 0 Å². The topological polar surface area (TPSA) is 201 Å². The maximum absolute atomic E-state index is 14.6. The summed E-state index contributed by atoms with van der Waals surface area (Å²) in [5, 5.41) is 23.7. The van der Waals surface area contributed by atoms with Crippen LogP contribution in [0.2, 0.25) is 0 Å². The SMILES string of the molecule is [2H]C([2H])([2H])O[C@H]1C[C@@H]2CC[C@@H](C)[C@@](O)(O2)C(=O)C(=O)N2CCCC[C@H]2C(=O)O[C@H]([C@H](C)C[C@@H]2CC[C@@H](OP(C)(=O)C([2H])([2H])[2H])[C@H](OC)C2)CC(=O)[C@H](C)/C=C(\C)[C@@H](O)[C@@H](OC)C(=O)[C@H](C)C([2H])(C)[C@]([2H])(C)/C=C/C=CC=C1C. The summed E-state index contributed by atoms with van der Waals surface area (Å²) in [5.41, 5.74) is 0.607. The van der Waals surface area contributed by atoms with E-state index in [1.807, 2.05) is 0 Å². The number of aliphatic hydroxyl groups is 2. The van der Waals surface area contributed by atoms with Crippen LogP contribution in [0.3, 0.4) is 0 Å². The summed E-state index contributed by atoms with van der Waals surface area (Å²) in [5.74, 6) is -14.4. The lowest BCUT2D eigenvalue weighted by Crippen LogP contribution is -2.61. The van der Waals surface area contributed by atoms with Gasteiger partial charge in [-0.3, -0.25) is 23.7 Å². The number of Topliss-reactive ketones (excluding diaryl/α,β-unsaturated/α-hetero) is 3. The molecule has 3 aliphatic heterocycles. The Morgan fingerprint density at radius 2 is 1.66 bits per heavy atom. The Morgan fingerprint density at radius 1 is 0.929 bits per heavy atom. The number of ketones is 3. The Hall–Kier alpha value is -3.14. The van der Waals surface area contributed by atoms with Crippen LogP contribution in [0, 0.1) is 41.4 Å². The summed E-state index contributed by atoms with van der Waals surface area (Å²) >= 11 is 0. The fraction of sp³-hybridized carbons (Fsp3) is 0.759. The number of methoxy groups -OCH3 is 3. The van der Waals surface area contributed by atoms with Gasteiger partial charge in [0.1, 0.15) is 30.1 Å². The molecule has 1 amide bonds. The molecule has 0 spiro atoms. The first-order valence-corrected chi connectivity index (χ1v) is 26.9. The number of esters is 1. The Kier molecular flexibility index (Phi) is 18.2. The molecule has 2 N–H and O–H groups in total. The van der Waals surface area contributed by atoms with E-state index in [1.165, 1.54) is 60.1 Å². The Balaban J connectivity index is 1.78. The van der Waals surface area contributed by atoms with Crippen molar-refractivity contribution in [2.45, 2.75) is 181 Å². The number of ether oxygens (including phenoxy) is 5. The molecule has 17 atom stereocenters. The van der Waals surface area contributed by atoms with E-state index < -0.39 is 140 Å². The molecule has 4 aliphatic rings. The highest BCUT2D eigenvalue weighted by Gasteiger charge is 2.53. The van der Waals surface area contributed by atoms with E-state index in [1.54, 1.807) is 45.9 Å². The molecule has 3 heterocycles. The smallest absolute Gasteiger partial charge is 0.329 e. The number of fused-ring (bicyclic) bond motifs is 3. The standard InChI is InChI=1S/C54H86NO14P/c1-32-19-15-14-16-20-33(2)45(64-9)30-41-24-22-37(6)54(62,68-41)51(59)52(60)55-26-18-17-21-42(55)53(61)67-46(35(4)28-40-23-25-44(47(29-40)65-10)69-70(12,13)63)31-43(56)34(3)27-36(5)48(57)50(66-11)49(58)39(8)38(32)7/h14-16,19-20,27,32,34-35,37-42,44-48,50,57,62H,17-18,21-26,28-31H2,1-13H3/b16-14?,19-15+,33-20?,36-27+/t32-,34-,35-,37-,38?,39-,40+,41+,42+,44-,45+,46+,47-,48-,50-,54-/m1/s1/i9D3,12D3,32D,38D/t32-,34-,35-,37-,38?,39-,40+,41+,42+,44-,45+,46+,47-,48-,50-,54-,70?. The first-order chi connectivity index (χ1) is 35.9. The van der Waals surface area contributed by atoms with Gasteiger partial charge in [-0.05, 0) is 106 Å². The molecule has 1 saturated carbocycles. The molecular weight excluding hydrogens is 918 g/mol. The first-order valence-electron chi connectivity index (χ1n) is 28.8. The fourth-order valence-corrected chi connectivity index (χ4v) is 10.9. The van der Waals surface area contributed by atoms with Gasteiger partial charge in [-0.1, -0.05) is 78.0 Å². The predicted molar refractivity (Wildman–Crippen MR) is 268 cm³/mol. The number of rotatable bonds is 8. The largest absolute Gasteiger partial charge is 0.460 e. The average Bonchev–Trinajstić information content (AvgIpc) is 3.35. The minimum atomic E-state index is -4.04. The van der Waals surface area contributed by atoms with E-state index in [4.69, 9.17) is 36.4 Å². The third kappa shape index (κ3) is 15.7. The lowest BCUT2D eigenvalue weighted by molar-refractivity contribution is -0.265. The number of hydrogen-bond donors (Lipinski definition) is 2. The lowest BCUT2D eigenvalue weighted by atomic mass is 9.78. The molecule has 3 fully saturated rings. The molecule has 16 heteroatoms. The van der Waals surface area contributed by atoms with E-state index in [0.29, 0.717) is 44.1 Å². The van der Waals surface area contributed by atoms with Crippen LogP contribution >= 0.6 is 7.37 Å². The molecule has 1 aliphatic carbocycles. The zero-order chi connectivity index (χ0) is 59.1. The van der Waals surface area contributed by atoms with Gasteiger partial charge in [-0.25, -0.2) is 4.79 Å². The molecular formula is C54H86NO14P. The molecule has 70 heavy (non-hydrogen) atoms. The van der Waals surface area contributed by atoms with Crippen molar-refractivity contribution in [1.29, 1.82) is 0 Å². The molecule has 396 valence electrons. The number of amides is 1. The van der Waals surface area contributed by atoms with Gasteiger partial charge < -0.3 is 43.3 Å². The van der Waals surface area contributed by atoms with Crippen LogP contribution in [-0.2, 0) is 56.7 Å². The van der Waals surface area contributed by atoms with Crippen LogP contribution in [0.25, 0.3) is 0 Å². The van der Waals surface area contributed by atoms with Crippen molar-refractivity contribution < 1.29 is 77.9 Å². The molecule has 2 bridgehead atoms. The highest BCUT2D eigenvalue weighted by molar-refractivity contribution is 7.57. The van der Waals surface area contributed by atoms with E-state index in [9.17, 15) is 41.5 Å². The second-order valence-corrected chi connectivity index (χ2v) is 22.2. The van der Waals surface area contributed by atoms with E-state index in [0.717, 1.165) is 11.6 Å². The number of cyclic esters (lactones) is 1. The van der Waals surface area contributed by atoms with Crippen LogP contribution in [0.4, 0.5) is 0 Å². The Morgan fingerprint density at radius 3 is 2.33 bits per heavy atom. The number of piperidine rings is 1. The second-order valence-electron chi connectivity index (χ2n) is 20.3. The minimum Gasteiger partial charge on any atom is -0.460 e. The van der Waals surface area contributed by atoms with Gasteiger partial charge in [0, 0.05) is 78.5 Å². The average molecular weight is 1010 g/mol. The van der Waals surface area contributed by atoms with E-state index in [2.05, 4.69) is 0 Å². The number of aliphatic hydroxyl groups excluding tert-OH is 1. The van der Waals surface area contributed by atoms with Gasteiger partial charge in [0.05, 0.1) is 28.5 Å². The number of carbonyl (C=O) groups excluding carboxylic acids is 5. The Labute approximate surface area is 429 Å². The summed E-state index contributed by atoms with van der Waals surface area (Å²) in [6.45, 7) is 10.6. The summed E-state index contributed by atoms with van der Waals surface area (Å²) in [6, 6.07) is -1.31. The third-order valence-corrected chi connectivity index (χ3v) is 15.7. The van der Waals surface area contributed by atoms with Crippen LogP contribution in [0.1, 0.15) is 137 Å². The monoisotopic (exact) mass is 1010 g/mol. The van der Waals surface area contributed by atoms with Crippen molar-refractivity contribution >= 4 is 36.6 Å². The predicted octanol–water partition coefficient (Wildman–Crippen LogP) is 7.99. The summed E-state index contributed by atoms with van der Waals surface area (Å²) in [7, 11) is -4.26. The highest BCUT2D eigenvalue weighted by atomic mass is 31.2. The quantitative estimate of drug-likeness (QED) is 0.103. The number of allylic oxidation sites excluding steroid dienone is 6. The van der Waals surface area contributed by atoms with E-state index >= 15 is 0 Å². The van der Waals surface area contributed by atoms with E-state index in [-0.39, 0.29) is 50.1 Å². The summed E-state index contributed by atoms with van der Waals surface area (Å²) in [6.07, 6.45) is 3.75. The number of carbonyl (C=O) groups is 5. The van der Waals surface area contributed by atoms with Crippen molar-refractivity contribution in [1.82, 2.24) is 4.90 Å². The second kappa shape index (κ2) is 26.7. The molecule has 4 rings (SSSR count). The van der Waals surface area contributed by atoms with Gasteiger partial charge >= 0.3 is 5.97 Å². The molecule has 0 aromatic carbocycles. The molecule has 0 aromatic heterocycles. The van der Waals surface area contributed by atoms with Crippen molar-refractivity contribution in [3.63, 3.8) is 0 Å². The van der Waals surface area contributed by atoms with Gasteiger partial charge in [0.2, 0.25) is 5.79 Å². The van der Waals surface area contributed by atoms with Gasteiger partial charge in [-0.15, -0.1) is 0 Å². The molecule has 0 aromatic rings. The Bertz CT molecular complexity index is 2300. The van der Waals surface area contributed by atoms with Crippen molar-refractivity contribution in [2.24, 2.45) is 41.4 Å². The fourth-order valence-electron chi connectivity index (χ4n) is 10.2. The first kappa shape index (κ1) is 47.8. The van der Waals surface area contributed by atoms with Gasteiger partial charge in [-0.2, -0.15) is 0 Å². The molecule has 2 unspecified atom stereocenters. The van der Waals surface area contributed by atoms with Gasteiger partial charge in [0.15, 0.2) is 13.2 Å².